The standard InChI is InChI=1S/C5H6F6/c6-3-1-2-4(7,8)5(9,10)11/h1-3H2. The molecule has 0 bridgehead atoms. The van der Waals surface area contributed by atoms with E-state index in [-0.39, 0.29) is 0 Å². The summed E-state index contributed by atoms with van der Waals surface area (Å²) in [5, 5.41) is 0. The Bertz CT molecular complexity index is 115. The maximum Gasteiger partial charge on any atom is 0.453 e. The topological polar surface area (TPSA) is 0 Å². The largest absolute Gasteiger partial charge is 0.453 e. The van der Waals surface area contributed by atoms with Crippen molar-refractivity contribution in [1.82, 2.24) is 0 Å². The molecule has 0 aromatic rings. The fourth-order valence-corrected chi connectivity index (χ4v) is 0.431. The normalized spacial score (nSPS) is 13.6. The fraction of sp³-hybridized carbons (Fsp3) is 1.00. The lowest BCUT2D eigenvalue weighted by Crippen LogP contribution is -2.36. The molecule has 0 radical (unpaired) electrons. The van der Waals surface area contributed by atoms with Crippen LogP contribution in [0.3, 0.4) is 0 Å². The Labute approximate surface area is 59.2 Å². The minimum absolute atomic E-state index is 0.771. The number of rotatable bonds is 3. The molecule has 6 heteroatoms. The van der Waals surface area contributed by atoms with Crippen LogP contribution in [0.25, 0.3) is 0 Å². The van der Waals surface area contributed by atoms with Crippen molar-refractivity contribution >= 4 is 0 Å². The van der Waals surface area contributed by atoms with Gasteiger partial charge in [0.25, 0.3) is 0 Å². The van der Waals surface area contributed by atoms with Crippen molar-refractivity contribution in [3.05, 3.63) is 0 Å². The van der Waals surface area contributed by atoms with E-state index in [2.05, 4.69) is 0 Å². The van der Waals surface area contributed by atoms with E-state index in [9.17, 15) is 26.3 Å². The highest BCUT2D eigenvalue weighted by Gasteiger charge is 2.56. The van der Waals surface area contributed by atoms with Crippen LogP contribution >= 0.6 is 0 Å². The van der Waals surface area contributed by atoms with E-state index in [1.807, 2.05) is 0 Å². The summed E-state index contributed by atoms with van der Waals surface area (Å²) in [6.07, 6.45) is -7.80. The summed E-state index contributed by atoms with van der Waals surface area (Å²) in [6, 6.07) is 0. The van der Waals surface area contributed by atoms with Gasteiger partial charge < -0.3 is 0 Å². The minimum atomic E-state index is -5.55. The van der Waals surface area contributed by atoms with Gasteiger partial charge in [0.05, 0.1) is 6.67 Å². The van der Waals surface area contributed by atoms with Crippen molar-refractivity contribution in [3.8, 4) is 0 Å². The van der Waals surface area contributed by atoms with E-state index in [1.54, 1.807) is 0 Å². The molecule has 0 aromatic heterocycles. The maximum absolute atomic E-state index is 11.8. The van der Waals surface area contributed by atoms with Gasteiger partial charge in [0.1, 0.15) is 0 Å². The summed E-state index contributed by atoms with van der Waals surface area (Å²) < 4.78 is 68.7. The number of halogens is 6. The summed E-state index contributed by atoms with van der Waals surface area (Å²) in [4.78, 5) is 0. The second-order valence-corrected chi connectivity index (χ2v) is 1.99. The maximum atomic E-state index is 11.8. The van der Waals surface area contributed by atoms with Crippen LogP contribution in [-0.4, -0.2) is 18.8 Å². The summed E-state index contributed by atoms with van der Waals surface area (Å²) in [6.45, 7) is -1.16. The first-order valence-corrected chi connectivity index (χ1v) is 2.82. The molecule has 0 aromatic carbocycles. The van der Waals surface area contributed by atoms with Gasteiger partial charge in [0.15, 0.2) is 0 Å². The first kappa shape index (κ1) is 10.6. The molecular formula is C5H6F6. The molecule has 0 spiro atoms. The summed E-state index contributed by atoms with van der Waals surface area (Å²) in [5.74, 6) is -4.75. The molecular weight excluding hydrogens is 174 g/mol. The van der Waals surface area contributed by atoms with E-state index in [0.717, 1.165) is 0 Å². The molecule has 68 valence electrons. The van der Waals surface area contributed by atoms with Crippen molar-refractivity contribution in [1.29, 1.82) is 0 Å². The Morgan fingerprint density at radius 3 is 1.64 bits per heavy atom. The second kappa shape index (κ2) is 3.32. The fourth-order valence-electron chi connectivity index (χ4n) is 0.431. The third-order valence-corrected chi connectivity index (χ3v) is 1.04. The Balaban J connectivity index is 4.00. The Kier molecular flexibility index (Phi) is 3.19. The van der Waals surface area contributed by atoms with Gasteiger partial charge >= 0.3 is 12.1 Å². The molecule has 0 saturated carbocycles. The van der Waals surface area contributed by atoms with Crippen LogP contribution in [-0.2, 0) is 0 Å². The van der Waals surface area contributed by atoms with Crippen LogP contribution in [0, 0.1) is 0 Å². The number of alkyl halides is 6. The summed E-state index contributed by atoms with van der Waals surface area (Å²) >= 11 is 0. The molecule has 0 nitrogen and oxygen atoms in total. The lowest BCUT2D eigenvalue weighted by Gasteiger charge is -2.18. The van der Waals surface area contributed by atoms with Crippen LogP contribution in [0.4, 0.5) is 26.3 Å². The molecule has 0 aliphatic carbocycles. The third kappa shape index (κ3) is 2.98. The molecule has 0 aliphatic rings. The van der Waals surface area contributed by atoms with E-state index < -0.39 is 31.6 Å². The summed E-state index contributed by atoms with van der Waals surface area (Å²) in [7, 11) is 0. The zero-order valence-electron chi connectivity index (χ0n) is 5.39. The van der Waals surface area contributed by atoms with Crippen LogP contribution in [0.2, 0.25) is 0 Å². The first-order valence-electron chi connectivity index (χ1n) is 2.82. The van der Waals surface area contributed by atoms with Crippen molar-refractivity contribution < 1.29 is 26.3 Å². The van der Waals surface area contributed by atoms with Crippen LogP contribution in [0.1, 0.15) is 12.8 Å². The minimum Gasteiger partial charge on any atom is -0.251 e. The monoisotopic (exact) mass is 180 g/mol. The lowest BCUT2D eigenvalue weighted by atomic mass is 10.2. The molecule has 0 aliphatic heterocycles. The van der Waals surface area contributed by atoms with Crippen molar-refractivity contribution in [2.45, 2.75) is 24.9 Å². The van der Waals surface area contributed by atoms with Gasteiger partial charge in [-0.1, -0.05) is 0 Å². The molecule has 0 N–H and O–H groups in total. The van der Waals surface area contributed by atoms with Crippen LogP contribution < -0.4 is 0 Å². The third-order valence-electron chi connectivity index (χ3n) is 1.04. The van der Waals surface area contributed by atoms with Gasteiger partial charge in [-0.2, -0.15) is 22.0 Å². The second-order valence-electron chi connectivity index (χ2n) is 1.99. The molecule has 0 heterocycles. The smallest absolute Gasteiger partial charge is 0.251 e. The van der Waals surface area contributed by atoms with Gasteiger partial charge in [-0.25, -0.2) is 0 Å². The van der Waals surface area contributed by atoms with Gasteiger partial charge in [0.2, 0.25) is 0 Å². The Morgan fingerprint density at radius 2 is 1.36 bits per heavy atom. The van der Waals surface area contributed by atoms with E-state index in [4.69, 9.17) is 0 Å². The average molecular weight is 180 g/mol. The Hall–Kier alpha value is -0.420. The number of hydrogen-bond acceptors (Lipinski definition) is 0. The van der Waals surface area contributed by atoms with Crippen molar-refractivity contribution in [2.24, 2.45) is 0 Å². The molecule has 0 unspecified atom stereocenters. The van der Waals surface area contributed by atoms with Gasteiger partial charge in [-0.05, 0) is 6.42 Å². The van der Waals surface area contributed by atoms with Crippen LogP contribution in [0.15, 0.2) is 0 Å². The SMILES string of the molecule is FCCCC(F)(F)C(F)(F)F. The highest BCUT2D eigenvalue weighted by molar-refractivity contribution is 4.74. The van der Waals surface area contributed by atoms with E-state index >= 15 is 0 Å². The highest BCUT2D eigenvalue weighted by Crippen LogP contribution is 2.38. The van der Waals surface area contributed by atoms with E-state index in [1.165, 1.54) is 0 Å². The zero-order chi connectivity index (χ0) is 9.12. The highest BCUT2D eigenvalue weighted by atomic mass is 19.4. The molecule has 0 rings (SSSR count). The molecule has 11 heavy (non-hydrogen) atoms. The zero-order valence-corrected chi connectivity index (χ0v) is 5.39. The predicted octanol–water partition coefficient (Wildman–Crippen LogP) is 2.93. The van der Waals surface area contributed by atoms with Gasteiger partial charge in [-0.15, -0.1) is 0 Å². The quantitative estimate of drug-likeness (QED) is 0.585. The summed E-state index contributed by atoms with van der Waals surface area (Å²) in [5.41, 5.74) is 0. The number of hydrogen-bond donors (Lipinski definition) is 0. The average Bonchev–Trinajstić information content (AvgIpc) is 1.81. The Morgan fingerprint density at radius 1 is 0.909 bits per heavy atom. The van der Waals surface area contributed by atoms with Gasteiger partial charge in [0, 0.05) is 6.42 Å². The van der Waals surface area contributed by atoms with Gasteiger partial charge in [-0.3, -0.25) is 4.39 Å². The molecule has 0 atom stereocenters. The van der Waals surface area contributed by atoms with Crippen molar-refractivity contribution in [2.75, 3.05) is 6.67 Å². The van der Waals surface area contributed by atoms with Crippen LogP contribution in [0.5, 0.6) is 0 Å². The molecule has 0 saturated heterocycles. The molecule has 0 fully saturated rings. The first-order chi connectivity index (χ1) is 4.81. The van der Waals surface area contributed by atoms with E-state index in [0.29, 0.717) is 0 Å². The van der Waals surface area contributed by atoms with Crippen molar-refractivity contribution in [3.63, 3.8) is 0 Å². The predicted molar refractivity (Wildman–Crippen MR) is 26.2 cm³/mol. The molecule has 0 amide bonds. The lowest BCUT2D eigenvalue weighted by molar-refractivity contribution is -0.284.